The van der Waals surface area contributed by atoms with Crippen LogP contribution in [0.3, 0.4) is 0 Å². The first-order chi connectivity index (χ1) is 8.03. The molecule has 0 aromatic rings. The van der Waals surface area contributed by atoms with Gasteiger partial charge in [-0.05, 0) is 0 Å². The molecule has 1 aliphatic rings. The van der Waals surface area contributed by atoms with Crippen LogP contribution in [0.4, 0.5) is 0 Å². The zero-order valence-electron chi connectivity index (χ0n) is 9.67. The van der Waals surface area contributed by atoms with E-state index in [9.17, 15) is 13.2 Å². The molecular weight excluding hydrogens is 242 g/mol. The van der Waals surface area contributed by atoms with Gasteiger partial charge in [-0.1, -0.05) is 18.7 Å². The van der Waals surface area contributed by atoms with Crippen molar-refractivity contribution < 1.29 is 17.9 Å². The second kappa shape index (κ2) is 6.56. The van der Waals surface area contributed by atoms with Gasteiger partial charge in [-0.25, -0.2) is 13.2 Å². The fraction of sp³-hybridized carbons (Fsp3) is 0.545. The quantitative estimate of drug-likeness (QED) is 0.395. The van der Waals surface area contributed by atoms with Crippen molar-refractivity contribution in [3.05, 3.63) is 24.8 Å². The van der Waals surface area contributed by atoms with Gasteiger partial charge in [0.2, 0.25) is 0 Å². The number of carbonyl (C=O) groups excluding carboxylic acids is 1. The van der Waals surface area contributed by atoms with Gasteiger partial charge in [0, 0.05) is 25.7 Å². The Morgan fingerprint density at radius 3 is 2.59 bits per heavy atom. The van der Waals surface area contributed by atoms with Crippen LogP contribution in [0, 0.1) is 0 Å². The van der Waals surface area contributed by atoms with Crippen LogP contribution in [0.25, 0.3) is 0 Å². The maximum absolute atomic E-state index is 11.2. The summed E-state index contributed by atoms with van der Waals surface area (Å²) >= 11 is 0. The molecule has 0 spiro atoms. The predicted octanol–water partition coefficient (Wildman–Crippen LogP) is 0.00220. The Morgan fingerprint density at radius 1 is 1.35 bits per heavy atom. The summed E-state index contributed by atoms with van der Waals surface area (Å²) in [5.41, 5.74) is 0. The van der Waals surface area contributed by atoms with Crippen LogP contribution in [0.15, 0.2) is 24.8 Å². The zero-order valence-corrected chi connectivity index (χ0v) is 10.5. The van der Waals surface area contributed by atoms with Crippen molar-refractivity contribution in [2.45, 2.75) is 0 Å². The Morgan fingerprint density at radius 2 is 2.00 bits per heavy atom. The molecule has 17 heavy (non-hydrogen) atoms. The number of esters is 1. The molecular formula is C11H17NO4S. The molecule has 0 bridgehead atoms. The monoisotopic (exact) mass is 259 g/mol. The van der Waals surface area contributed by atoms with Gasteiger partial charge in [0.1, 0.15) is 6.61 Å². The van der Waals surface area contributed by atoms with Gasteiger partial charge in [0.25, 0.3) is 0 Å². The third-order valence-electron chi connectivity index (χ3n) is 2.46. The molecule has 96 valence electrons. The van der Waals surface area contributed by atoms with Gasteiger partial charge in [0.05, 0.1) is 11.5 Å². The number of carbonyl (C=O) groups is 1. The molecule has 1 fully saturated rings. The summed E-state index contributed by atoms with van der Waals surface area (Å²) in [6.45, 7) is 5.32. The molecule has 1 aliphatic heterocycles. The normalized spacial score (nSPS) is 20.2. The molecule has 6 heteroatoms. The van der Waals surface area contributed by atoms with E-state index < -0.39 is 15.8 Å². The second-order valence-electron chi connectivity index (χ2n) is 3.76. The van der Waals surface area contributed by atoms with Crippen LogP contribution < -0.4 is 0 Å². The van der Waals surface area contributed by atoms with E-state index in [0.717, 1.165) is 0 Å². The molecule has 0 aliphatic carbocycles. The van der Waals surface area contributed by atoms with Gasteiger partial charge in [-0.2, -0.15) is 0 Å². The minimum atomic E-state index is -2.84. The van der Waals surface area contributed by atoms with E-state index in [2.05, 4.69) is 6.58 Å². The van der Waals surface area contributed by atoms with E-state index in [1.807, 2.05) is 4.90 Å². The van der Waals surface area contributed by atoms with Crippen molar-refractivity contribution >= 4 is 15.8 Å². The smallest absolute Gasteiger partial charge is 0.330 e. The topological polar surface area (TPSA) is 63.7 Å². The highest BCUT2D eigenvalue weighted by atomic mass is 32.2. The van der Waals surface area contributed by atoms with Crippen LogP contribution in [0.1, 0.15) is 0 Å². The zero-order chi connectivity index (χ0) is 12.7. The Kier molecular flexibility index (Phi) is 5.37. The summed E-state index contributed by atoms with van der Waals surface area (Å²) in [5.74, 6) is -0.0243. The van der Waals surface area contributed by atoms with Crippen molar-refractivity contribution in [2.24, 2.45) is 0 Å². The molecule has 0 N–H and O–H groups in total. The van der Waals surface area contributed by atoms with E-state index in [1.54, 1.807) is 0 Å². The highest BCUT2D eigenvalue weighted by Gasteiger charge is 2.21. The standard InChI is InChI=1S/C11H17NO4S/c1-2-3-4-11(13)16-8-5-12-6-9-17(14,15)10-7-12/h2-4H,1,5-10H2/b4-3+. The number of rotatable bonds is 5. The number of ether oxygens (including phenoxy) is 1. The lowest BCUT2D eigenvalue weighted by Gasteiger charge is -2.25. The fourth-order valence-electron chi connectivity index (χ4n) is 1.44. The Hall–Kier alpha value is -1.14. The lowest BCUT2D eigenvalue weighted by molar-refractivity contribution is -0.138. The fourth-order valence-corrected chi connectivity index (χ4v) is 2.72. The highest BCUT2D eigenvalue weighted by molar-refractivity contribution is 7.91. The maximum Gasteiger partial charge on any atom is 0.330 e. The molecule has 0 unspecified atom stereocenters. The lowest BCUT2D eigenvalue weighted by atomic mass is 10.4. The van der Waals surface area contributed by atoms with E-state index in [0.29, 0.717) is 19.6 Å². The summed E-state index contributed by atoms with van der Waals surface area (Å²) < 4.78 is 27.3. The first-order valence-corrected chi connectivity index (χ1v) is 7.24. The van der Waals surface area contributed by atoms with E-state index >= 15 is 0 Å². The molecule has 0 atom stereocenters. The Bertz CT molecular complexity index is 386. The van der Waals surface area contributed by atoms with Crippen LogP contribution in [-0.2, 0) is 19.4 Å². The third-order valence-corrected chi connectivity index (χ3v) is 4.07. The third kappa shape index (κ3) is 5.65. The van der Waals surface area contributed by atoms with Gasteiger partial charge in [-0.15, -0.1) is 0 Å². The van der Waals surface area contributed by atoms with Gasteiger partial charge < -0.3 is 4.74 Å². The number of allylic oxidation sites excluding steroid dienone is 2. The van der Waals surface area contributed by atoms with Crippen molar-refractivity contribution in [2.75, 3.05) is 37.7 Å². The molecule has 0 radical (unpaired) electrons. The van der Waals surface area contributed by atoms with Gasteiger partial charge in [-0.3, -0.25) is 4.90 Å². The van der Waals surface area contributed by atoms with E-state index in [1.165, 1.54) is 18.2 Å². The van der Waals surface area contributed by atoms with Crippen molar-refractivity contribution in [1.29, 1.82) is 0 Å². The summed E-state index contributed by atoms with van der Waals surface area (Å²) in [7, 11) is -2.84. The summed E-state index contributed by atoms with van der Waals surface area (Å²) in [6, 6.07) is 0. The molecule has 0 aromatic carbocycles. The van der Waals surface area contributed by atoms with Crippen LogP contribution in [0.5, 0.6) is 0 Å². The largest absolute Gasteiger partial charge is 0.461 e. The number of hydrogen-bond donors (Lipinski definition) is 0. The SMILES string of the molecule is C=C/C=C/C(=O)OCCN1CCS(=O)(=O)CC1. The van der Waals surface area contributed by atoms with Crippen LogP contribution in [-0.4, -0.2) is 57.0 Å². The second-order valence-corrected chi connectivity index (χ2v) is 6.06. The maximum atomic E-state index is 11.2. The number of sulfone groups is 1. The van der Waals surface area contributed by atoms with Crippen molar-refractivity contribution in [1.82, 2.24) is 4.90 Å². The van der Waals surface area contributed by atoms with Gasteiger partial charge >= 0.3 is 5.97 Å². The average Bonchev–Trinajstić information content (AvgIpc) is 2.29. The minimum absolute atomic E-state index is 0.192. The Labute approximate surface area is 102 Å². The first-order valence-electron chi connectivity index (χ1n) is 5.42. The molecule has 0 saturated carbocycles. The van der Waals surface area contributed by atoms with Crippen molar-refractivity contribution in [3.8, 4) is 0 Å². The van der Waals surface area contributed by atoms with E-state index in [-0.39, 0.29) is 18.1 Å². The minimum Gasteiger partial charge on any atom is -0.461 e. The van der Waals surface area contributed by atoms with Crippen LogP contribution >= 0.6 is 0 Å². The molecule has 1 rings (SSSR count). The summed E-state index contributed by atoms with van der Waals surface area (Å²) in [5, 5.41) is 0. The number of nitrogens with zero attached hydrogens (tertiary/aromatic N) is 1. The van der Waals surface area contributed by atoms with E-state index in [4.69, 9.17) is 4.74 Å². The number of hydrogen-bond acceptors (Lipinski definition) is 5. The molecule has 5 nitrogen and oxygen atoms in total. The van der Waals surface area contributed by atoms with Gasteiger partial charge in [0.15, 0.2) is 9.84 Å². The Balaban J connectivity index is 2.18. The lowest BCUT2D eigenvalue weighted by Crippen LogP contribution is -2.41. The predicted molar refractivity (Wildman–Crippen MR) is 65.4 cm³/mol. The summed E-state index contributed by atoms with van der Waals surface area (Å²) in [6.07, 6.45) is 4.31. The van der Waals surface area contributed by atoms with Crippen LogP contribution in [0.2, 0.25) is 0 Å². The molecule has 1 saturated heterocycles. The first kappa shape index (κ1) is 13.9. The molecule has 0 amide bonds. The van der Waals surface area contributed by atoms with Crippen molar-refractivity contribution in [3.63, 3.8) is 0 Å². The highest BCUT2D eigenvalue weighted by Crippen LogP contribution is 2.02. The molecule has 0 aromatic heterocycles. The molecule has 1 heterocycles. The summed E-state index contributed by atoms with van der Waals surface area (Å²) in [4.78, 5) is 13.1. The average molecular weight is 259 g/mol.